The van der Waals surface area contributed by atoms with Crippen LogP contribution in [0.2, 0.25) is 0 Å². The van der Waals surface area contributed by atoms with Gasteiger partial charge in [0.15, 0.2) is 17.5 Å². The zero-order valence-corrected chi connectivity index (χ0v) is 17.1. The fourth-order valence-corrected chi connectivity index (χ4v) is 2.84. The van der Waals surface area contributed by atoms with Gasteiger partial charge in [-0.25, -0.2) is 4.99 Å². The second-order valence-corrected chi connectivity index (χ2v) is 6.53. The van der Waals surface area contributed by atoms with Gasteiger partial charge in [0.2, 0.25) is 6.79 Å². The molecule has 2 aromatic carbocycles. The lowest BCUT2D eigenvalue weighted by molar-refractivity contribution is 0.145. The zero-order valence-electron chi connectivity index (χ0n) is 17.1. The molecule has 2 N–H and O–H groups in total. The molecule has 0 fully saturated rings. The van der Waals surface area contributed by atoms with E-state index >= 15 is 0 Å². The van der Waals surface area contributed by atoms with Crippen LogP contribution in [-0.4, -0.2) is 39.6 Å². The number of rotatable bonds is 10. The summed E-state index contributed by atoms with van der Waals surface area (Å²) in [6, 6.07) is 13.9. The monoisotopic (exact) mass is 399 g/mol. The van der Waals surface area contributed by atoms with Crippen molar-refractivity contribution in [1.29, 1.82) is 0 Å². The highest BCUT2D eigenvalue weighted by atomic mass is 16.7. The quantitative estimate of drug-likeness (QED) is 0.363. The second kappa shape index (κ2) is 11.2. The Kier molecular flexibility index (Phi) is 8.01. The molecule has 7 nitrogen and oxygen atoms in total. The fraction of sp³-hybridized carbons (Fsp3) is 0.409. The summed E-state index contributed by atoms with van der Waals surface area (Å²) in [6.45, 7) is 5.75. The molecular formula is C22H29N3O4. The lowest BCUT2D eigenvalue weighted by Gasteiger charge is -2.13. The number of aliphatic imine (C=N–C) groups is 1. The Labute approximate surface area is 172 Å². The van der Waals surface area contributed by atoms with Gasteiger partial charge in [-0.15, -0.1) is 0 Å². The molecule has 2 aromatic rings. The van der Waals surface area contributed by atoms with E-state index in [4.69, 9.17) is 23.9 Å². The van der Waals surface area contributed by atoms with Gasteiger partial charge >= 0.3 is 0 Å². The first-order valence-electron chi connectivity index (χ1n) is 9.90. The van der Waals surface area contributed by atoms with Gasteiger partial charge in [0.05, 0.1) is 13.7 Å². The molecule has 0 saturated carbocycles. The first-order chi connectivity index (χ1) is 14.3. The minimum absolute atomic E-state index is 0.276. The first-order valence-corrected chi connectivity index (χ1v) is 9.90. The smallest absolute Gasteiger partial charge is 0.231 e. The highest BCUT2D eigenvalue weighted by Crippen LogP contribution is 2.32. The van der Waals surface area contributed by atoms with Gasteiger partial charge in [-0.05, 0) is 48.7 Å². The molecule has 1 aliphatic rings. The molecule has 0 saturated heterocycles. The zero-order chi connectivity index (χ0) is 20.3. The van der Waals surface area contributed by atoms with Crippen LogP contribution in [-0.2, 0) is 17.8 Å². The van der Waals surface area contributed by atoms with Crippen LogP contribution in [0.3, 0.4) is 0 Å². The van der Waals surface area contributed by atoms with Crippen molar-refractivity contribution < 1.29 is 18.9 Å². The first kappa shape index (κ1) is 20.8. The molecule has 3 rings (SSSR count). The normalized spacial score (nSPS) is 12.7. The molecule has 0 atom stereocenters. The molecular weight excluding hydrogens is 370 g/mol. The summed E-state index contributed by atoms with van der Waals surface area (Å²) < 4.78 is 21.4. The average molecular weight is 399 g/mol. The van der Waals surface area contributed by atoms with E-state index in [1.54, 1.807) is 7.11 Å². The number of nitrogens with zero attached hydrogens (tertiary/aromatic N) is 1. The second-order valence-electron chi connectivity index (χ2n) is 6.53. The molecule has 0 radical (unpaired) electrons. The van der Waals surface area contributed by atoms with Crippen molar-refractivity contribution in [2.24, 2.45) is 4.99 Å². The SMILES string of the molecule is CCOCCCNC(=NCc1ccc2c(c1)OCO2)NCc1ccc(OC)cc1. The van der Waals surface area contributed by atoms with Gasteiger partial charge in [-0.2, -0.15) is 0 Å². The van der Waals surface area contributed by atoms with Crippen LogP contribution in [0.1, 0.15) is 24.5 Å². The molecule has 0 aliphatic carbocycles. The van der Waals surface area contributed by atoms with Gasteiger partial charge in [0.25, 0.3) is 0 Å². The van der Waals surface area contributed by atoms with Crippen LogP contribution in [0, 0.1) is 0 Å². The molecule has 0 amide bonds. The molecule has 0 aromatic heterocycles. The summed E-state index contributed by atoms with van der Waals surface area (Å²) in [5, 5.41) is 6.76. The lowest BCUT2D eigenvalue weighted by Crippen LogP contribution is -2.37. The molecule has 0 unspecified atom stereocenters. The minimum atomic E-state index is 0.276. The number of nitrogens with one attached hydrogen (secondary N) is 2. The van der Waals surface area contributed by atoms with Crippen LogP contribution in [0.25, 0.3) is 0 Å². The van der Waals surface area contributed by atoms with Crippen LogP contribution in [0.4, 0.5) is 0 Å². The number of methoxy groups -OCH3 is 1. The summed E-state index contributed by atoms with van der Waals surface area (Å²) in [5.41, 5.74) is 2.21. The Hall–Kier alpha value is -2.93. The summed E-state index contributed by atoms with van der Waals surface area (Å²) in [5.74, 6) is 3.16. The van der Waals surface area contributed by atoms with Crippen LogP contribution in [0.15, 0.2) is 47.5 Å². The lowest BCUT2D eigenvalue weighted by atomic mass is 10.2. The van der Waals surface area contributed by atoms with Crippen molar-refractivity contribution in [3.63, 3.8) is 0 Å². The van der Waals surface area contributed by atoms with E-state index in [-0.39, 0.29) is 6.79 Å². The van der Waals surface area contributed by atoms with E-state index in [2.05, 4.69) is 10.6 Å². The van der Waals surface area contributed by atoms with Gasteiger partial charge < -0.3 is 29.6 Å². The summed E-state index contributed by atoms with van der Waals surface area (Å²) in [7, 11) is 1.67. The number of guanidine groups is 1. The van der Waals surface area contributed by atoms with E-state index < -0.39 is 0 Å². The summed E-state index contributed by atoms with van der Waals surface area (Å²) >= 11 is 0. The van der Waals surface area contributed by atoms with Crippen molar-refractivity contribution in [3.8, 4) is 17.2 Å². The average Bonchev–Trinajstić information content (AvgIpc) is 3.23. The molecule has 7 heteroatoms. The Bertz CT molecular complexity index is 793. The molecule has 156 valence electrons. The molecule has 0 spiro atoms. The number of benzene rings is 2. The largest absolute Gasteiger partial charge is 0.497 e. The summed E-state index contributed by atoms with van der Waals surface area (Å²) in [6.07, 6.45) is 0.918. The Morgan fingerprint density at radius 1 is 1.03 bits per heavy atom. The third-order valence-corrected chi connectivity index (χ3v) is 4.44. The highest BCUT2D eigenvalue weighted by Gasteiger charge is 2.13. The Morgan fingerprint density at radius 3 is 2.62 bits per heavy atom. The molecule has 1 heterocycles. The van der Waals surface area contributed by atoms with Gasteiger partial charge in [-0.1, -0.05) is 18.2 Å². The number of hydrogen-bond acceptors (Lipinski definition) is 5. The van der Waals surface area contributed by atoms with Gasteiger partial charge in [-0.3, -0.25) is 0 Å². The van der Waals surface area contributed by atoms with Crippen molar-refractivity contribution >= 4 is 5.96 Å². The summed E-state index contributed by atoms with van der Waals surface area (Å²) in [4.78, 5) is 4.72. The van der Waals surface area contributed by atoms with E-state index in [1.807, 2.05) is 49.4 Å². The Morgan fingerprint density at radius 2 is 1.83 bits per heavy atom. The van der Waals surface area contributed by atoms with Crippen molar-refractivity contribution in [3.05, 3.63) is 53.6 Å². The minimum Gasteiger partial charge on any atom is -0.497 e. The van der Waals surface area contributed by atoms with E-state index in [1.165, 1.54) is 0 Å². The third-order valence-electron chi connectivity index (χ3n) is 4.44. The van der Waals surface area contributed by atoms with Crippen molar-refractivity contribution in [1.82, 2.24) is 10.6 Å². The topological polar surface area (TPSA) is 73.3 Å². The maximum Gasteiger partial charge on any atom is 0.231 e. The fourth-order valence-electron chi connectivity index (χ4n) is 2.84. The van der Waals surface area contributed by atoms with E-state index in [0.29, 0.717) is 13.1 Å². The maximum atomic E-state index is 5.45. The molecule has 0 bridgehead atoms. The predicted octanol–water partition coefficient (Wildman–Crippen LogP) is 3.09. The Balaban J connectivity index is 1.58. The van der Waals surface area contributed by atoms with Crippen molar-refractivity contribution in [2.75, 3.05) is 33.7 Å². The highest BCUT2D eigenvalue weighted by molar-refractivity contribution is 5.79. The molecule has 29 heavy (non-hydrogen) atoms. The maximum absolute atomic E-state index is 5.45. The standard InChI is InChI=1S/C22H29N3O4/c1-3-27-12-4-11-23-22(24-14-17-5-8-19(26-2)9-6-17)25-15-18-7-10-20-21(13-18)29-16-28-20/h5-10,13H,3-4,11-12,14-16H2,1-2H3,(H2,23,24,25). The van der Waals surface area contributed by atoms with Crippen LogP contribution in [0.5, 0.6) is 17.2 Å². The van der Waals surface area contributed by atoms with Crippen LogP contribution < -0.4 is 24.8 Å². The molecule has 1 aliphatic heterocycles. The predicted molar refractivity (Wildman–Crippen MR) is 113 cm³/mol. The van der Waals surface area contributed by atoms with Crippen LogP contribution >= 0.6 is 0 Å². The number of hydrogen-bond donors (Lipinski definition) is 2. The third kappa shape index (κ3) is 6.57. The van der Waals surface area contributed by atoms with Gasteiger partial charge in [0.1, 0.15) is 5.75 Å². The van der Waals surface area contributed by atoms with Gasteiger partial charge in [0, 0.05) is 26.3 Å². The van der Waals surface area contributed by atoms with Crippen molar-refractivity contribution in [2.45, 2.75) is 26.4 Å². The number of ether oxygens (including phenoxy) is 4. The van der Waals surface area contributed by atoms with E-state index in [0.717, 1.165) is 60.5 Å². The van der Waals surface area contributed by atoms with E-state index in [9.17, 15) is 0 Å². The number of fused-ring (bicyclic) bond motifs is 1.